The number of benzene rings is 1. The Bertz CT molecular complexity index is 1320. The zero-order valence-corrected chi connectivity index (χ0v) is 20.3. The highest BCUT2D eigenvalue weighted by molar-refractivity contribution is 7.99. The largest absolute Gasteiger partial charge is 0.461 e. The molecule has 0 N–H and O–H groups in total. The van der Waals surface area contributed by atoms with Crippen LogP contribution >= 0.6 is 11.8 Å². The number of ether oxygens (including phenoxy) is 1. The van der Waals surface area contributed by atoms with Crippen molar-refractivity contribution in [1.82, 2.24) is 19.4 Å². The molecule has 1 fully saturated rings. The van der Waals surface area contributed by atoms with Crippen molar-refractivity contribution in [3.05, 3.63) is 64.2 Å². The van der Waals surface area contributed by atoms with Gasteiger partial charge in [-0.15, -0.1) is 0 Å². The average molecular weight is 494 g/mol. The van der Waals surface area contributed by atoms with Crippen molar-refractivity contribution in [2.75, 3.05) is 38.6 Å². The third kappa shape index (κ3) is 4.21. The van der Waals surface area contributed by atoms with Gasteiger partial charge in [-0.3, -0.25) is 9.59 Å². The summed E-state index contributed by atoms with van der Waals surface area (Å²) in [6.07, 6.45) is 3.28. The standard InChI is InChI=1S/C25H24FN5O3S/c1-15(9-26)19-7-16(2)34-22-8-17(3-4-18(22)10-27)21-14-35-25-28-11-20(31(21)25)24(33)30-6-5-29(12-19)23(32)13-30/h3-4,7-8,11,21H,5-6,9,12-14H2,1-2H3/b16-7+,19-15-. The Morgan fingerprint density at radius 2 is 2.09 bits per heavy atom. The SMILES string of the molecule is C/C(CF)=C1\C=C(/C)Oc2cc(ccc2C#N)C2CSc3ncc(n32)C(=O)N2CCN(C1)C(=O)C2. The summed E-state index contributed by atoms with van der Waals surface area (Å²) in [6.45, 7) is 3.67. The van der Waals surface area contributed by atoms with Gasteiger partial charge in [-0.1, -0.05) is 17.8 Å². The van der Waals surface area contributed by atoms with Crippen molar-refractivity contribution in [3.63, 3.8) is 0 Å². The van der Waals surface area contributed by atoms with Crippen LogP contribution in [0.1, 0.15) is 41.5 Å². The lowest BCUT2D eigenvalue weighted by Crippen LogP contribution is -2.53. The molecule has 35 heavy (non-hydrogen) atoms. The number of fused-ring (bicyclic) bond motifs is 5. The highest BCUT2D eigenvalue weighted by atomic mass is 32.2. The monoisotopic (exact) mass is 493 g/mol. The lowest BCUT2D eigenvalue weighted by atomic mass is 10.0. The van der Waals surface area contributed by atoms with Crippen molar-refractivity contribution in [3.8, 4) is 11.8 Å². The van der Waals surface area contributed by atoms with Gasteiger partial charge < -0.3 is 19.1 Å². The van der Waals surface area contributed by atoms with E-state index in [1.165, 1.54) is 0 Å². The Balaban J connectivity index is 1.65. The van der Waals surface area contributed by atoms with Crippen LogP contribution in [0.4, 0.5) is 4.39 Å². The van der Waals surface area contributed by atoms with Crippen molar-refractivity contribution < 1.29 is 18.7 Å². The van der Waals surface area contributed by atoms with Gasteiger partial charge in [0, 0.05) is 25.4 Å². The van der Waals surface area contributed by atoms with Crippen LogP contribution in [0.2, 0.25) is 0 Å². The molecule has 0 radical (unpaired) electrons. The number of amides is 2. The van der Waals surface area contributed by atoms with E-state index in [0.717, 1.165) is 10.7 Å². The molecular weight excluding hydrogens is 469 g/mol. The molecule has 4 bridgehead atoms. The van der Waals surface area contributed by atoms with Crippen LogP contribution < -0.4 is 4.74 Å². The first-order valence-electron chi connectivity index (χ1n) is 11.3. The highest BCUT2D eigenvalue weighted by Gasteiger charge is 2.35. The van der Waals surface area contributed by atoms with E-state index in [0.29, 0.717) is 52.8 Å². The molecule has 6 rings (SSSR count). The second-order valence-corrected chi connectivity index (χ2v) is 9.82. The summed E-state index contributed by atoms with van der Waals surface area (Å²) in [6, 6.07) is 7.38. The first-order chi connectivity index (χ1) is 16.9. The Kier molecular flexibility index (Phi) is 6.11. The van der Waals surface area contributed by atoms with Crippen LogP contribution in [0.5, 0.6) is 5.75 Å². The molecule has 0 aliphatic carbocycles. The number of allylic oxidation sites excluding steroid dienone is 2. The van der Waals surface area contributed by atoms with Gasteiger partial charge in [0.25, 0.3) is 5.91 Å². The van der Waals surface area contributed by atoms with E-state index in [-0.39, 0.29) is 30.9 Å². The van der Waals surface area contributed by atoms with Gasteiger partial charge >= 0.3 is 0 Å². The number of imidazole rings is 1. The van der Waals surface area contributed by atoms with Crippen molar-refractivity contribution in [2.45, 2.75) is 25.0 Å². The molecule has 1 unspecified atom stereocenters. The smallest absolute Gasteiger partial charge is 0.272 e. The predicted octanol–water partition coefficient (Wildman–Crippen LogP) is 3.32. The molecule has 4 aliphatic rings. The van der Waals surface area contributed by atoms with Crippen LogP contribution in [-0.2, 0) is 4.79 Å². The number of hydrogen-bond donors (Lipinski definition) is 0. The first-order valence-corrected chi connectivity index (χ1v) is 12.3. The number of piperazine rings is 1. The zero-order valence-electron chi connectivity index (χ0n) is 19.5. The van der Waals surface area contributed by atoms with Gasteiger partial charge in [0.1, 0.15) is 36.5 Å². The van der Waals surface area contributed by atoms with Crippen LogP contribution in [0.25, 0.3) is 0 Å². The topological polar surface area (TPSA) is 91.5 Å². The molecule has 180 valence electrons. The van der Waals surface area contributed by atoms with Crippen LogP contribution in [0, 0.1) is 11.3 Å². The number of carbonyl (C=O) groups is 2. The van der Waals surface area contributed by atoms with E-state index in [9.17, 15) is 19.2 Å². The third-order valence-electron chi connectivity index (χ3n) is 6.54. The molecule has 10 heteroatoms. The summed E-state index contributed by atoms with van der Waals surface area (Å²) in [7, 11) is 0. The Hall–Kier alpha value is -3.58. The van der Waals surface area contributed by atoms with E-state index in [1.807, 2.05) is 16.7 Å². The fraction of sp³-hybridized carbons (Fsp3) is 0.360. The molecule has 1 atom stereocenters. The van der Waals surface area contributed by atoms with E-state index in [4.69, 9.17) is 4.74 Å². The van der Waals surface area contributed by atoms with Gasteiger partial charge in [0.2, 0.25) is 5.91 Å². The number of alkyl halides is 1. The molecule has 0 spiro atoms. The van der Waals surface area contributed by atoms with Crippen LogP contribution in [-0.4, -0.2) is 69.8 Å². The van der Waals surface area contributed by atoms with Gasteiger partial charge in [0.15, 0.2) is 5.16 Å². The van der Waals surface area contributed by atoms with Gasteiger partial charge in [0.05, 0.1) is 17.8 Å². The summed E-state index contributed by atoms with van der Waals surface area (Å²) in [5, 5.41) is 10.4. The van der Waals surface area contributed by atoms with Crippen LogP contribution in [0.15, 0.2) is 52.5 Å². The third-order valence-corrected chi connectivity index (χ3v) is 7.58. The molecule has 0 saturated carbocycles. The lowest BCUT2D eigenvalue weighted by Gasteiger charge is -2.35. The second kappa shape index (κ2) is 9.23. The quantitative estimate of drug-likeness (QED) is 0.605. The maximum Gasteiger partial charge on any atom is 0.272 e. The molecule has 5 heterocycles. The molecule has 1 aromatic heterocycles. The van der Waals surface area contributed by atoms with Gasteiger partial charge in [-0.25, -0.2) is 9.37 Å². The zero-order chi connectivity index (χ0) is 24.7. The normalized spacial score (nSPS) is 22.9. The summed E-state index contributed by atoms with van der Waals surface area (Å²) < 4.78 is 21.6. The fourth-order valence-electron chi connectivity index (χ4n) is 4.56. The summed E-state index contributed by atoms with van der Waals surface area (Å²) >= 11 is 1.55. The van der Waals surface area contributed by atoms with E-state index < -0.39 is 6.67 Å². The summed E-state index contributed by atoms with van der Waals surface area (Å²) in [4.78, 5) is 34.0. The van der Waals surface area contributed by atoms with Crippen LogP contribution in [0.3, 0.4) is 0 Å². The van der Waals surface area contributed by atoms with E-state index >= 15 is 0 Å². The minimum atomic E-state index is -0.656. The summed E-state index contributed by atoms with van der Waals surface area (Å²) in [5.41, 5.74) is 2.81. The average Bonchev–Trinajstić information content (AvgIpc) is 3.45. The van der Waals surface area contributed by atoms with Crippen molar-refractivity contribution in [1.29, 1.82) is 5.26 Å². The minimum Gasteiger partial charge on any atom is -0.461 e. The predicted molar refractivity (Wildman–Crippen MR) is 128 cm³/mol. The fourth-order valence-corrected chi connectivity index (χ4v) is 5.70. The molecule has 4 aliphatic heterocycles. The Morgan fingerprint density at radius 3 is 2.83 bits per heavy atom. The van der Waals surface area contributed by atoms with Gasteiger partial charge in [-0.2, -0.15) is 5.26 Å². The number of halogens is 1. The maximum absolute atomic E-state index is 13.6. The highest BCUT2D eigenvalue weighted by Crippen LogP contribution is 2.40. The van der Waals surface area contributed by atoms with Gasteiger partial charge in [-0.05, 0) is 48.8 Å². The number of thioether (sulfide) groups is 1. The minimum absolute atomic E-state index is 0.0423. The Labute approximate surface area is 206 Å². The first kappa shape index (κ1) is 23.2. The number of nitrogens with zero attached hydrogens (tertiary/aromatic N) is 5. The van der Waals surface area contributed by atoms with E-state index in [1.54, 1.807) is 53.7 Å². The van der Waals surface area contributed by atoms with E-state index in [2.05, 4.69) is 11.1 Å². The number of nitriles is 1. The second-order valence-electron chi connectivity index (χ2n) is 8.83. The molecule has 2 amide bonds. The molecule has 1 aromatic carbocycles. The molecule has 8 nitrogen and oxygen atoms in total. The number of hydrogen-bond acceptors (Lipinski definition) is 6. The number of rotatable bonds is 1. The molecule has 2 aromatic rings. The number of carbonyl (C=O) groups excluding carboxylic acids is 2. The maximum atomic E-state index is 13.6. The lowest BCUT2D eigenvalue weighted by molar-refractivity contribution is -0.134. The molecule has 1 saturated heterocycles. The van der Waals surface area contributed by atoms with Crippen molar-refractivity contribution in [2.24, 2.45) is 0 Å². The van der Waals surface area contributed by atoms with Crippen molar-refractivity contribution >= 4 is 23.6 Å². The summed E-state index contributed by atoms with van der Waals surface area (Å²) in [5.74, 6) is 1.11. The number of aromatic nitrogens is 2. The molecular formula is C25H24FN5O3S. The Morgan fingerprint density at radius 1 is 1.29 bits per heavy atom.